The number of hydrogen-bond donors (Lipinski definition) is 1. The van der Waals surface area contributed by atoms with Crippen LogP contribution in [0.15, 0.2) is 30.3 Å². The second kappa shape index (κ2) is 4.67. The lowest BCUT2D eigenvalue weighted by Gasteiger charge is -2.40. The Morgan fingerprint density at radius 2 is 2.11 bits per heavy atom. The van der Waals surface area contributed by atoms with Gasteiger partial charge in [0, 0.05) is 26.2 Å². The third kappa shape index (κ3) is 2.19. The minimum absolute atomic E-state index is 0.479. The van der Waals surface area contributed by atoms with Crippen LogP contribution < -0.4 is 5.32 Å². The molecule has 0 bridgehead atoms. The summed E-state index contributed by atoms with van der Waals surface area (Å²) in [5, 5.41) is 3.60. The zero-order valence-electron chi connectivity index (χ0n) is 11.5. The monoisotopic (exact) mass is 244 g/mol. The molecule has 1 aromatic carbocycles. The lowest BCUT2D eigenvalue weighted by molar-refractivity contribution is 0.136. The van der Waals surface area contributed by atoms with E-state index in [0.29, 0.717) is 5.41 Å². The van der Waals surface area contributed by atoms with Crippen molar-refractivity contribution >= 4 is 0 Å². The van der Waals surface area contributed by atoms with Crippen LogP contribution in [0.2, 0.25) is 0 Å². The van der Waals surface area contributed by atoms with Gasteiger partial charge in [-0.15, -0.1) is 0 Å². The summed E-state index contributed by atoms with van der Waals surface area (Å²) < 4.78 is 0. The number of likely N-dealkylation sites (tertiary alicyclic amines) is 1. The van der Waals surface area contributed by atoms with Gasteiger partial charge >= 0.3 is 0 Å². The Kier molecular flexibility index (Phi) is 3.16. The quantitative estimate of drug-likeness (QED) is 0.859. The average molecular weight is 244 g/mol. The van der Waals surface area contributed by atoms with Crippen molar-refractivity contribution in [1.29, 1.82) is 0 Å². The molecule has 18 heavy (non-hydrogen) atoms. The number of nitrogens with zero attached hydrogens (tertiary/aromatic N) is 1. The van der Waals surface area contributed by atoms with Gasteiger partial charge in [0.2, 0.25) is 0 Å². The smallest absolute Gasteiger partial charge is 0.0234 e. The molecule has 2 heterocycles. The van der Waals surface area contributed by atoms with Gasteiger partial charge in [0.15, 0.2) is 0 Å². The maximum absolute atomic E-state index is 3.60. The Hall–Kier alpha value is -0.860. The van der Waals surface area contributed by atoms with Gasteiger partial charge in [0.1, 0.15) is 0 Å². The van der Waals surface area contributed by atoms with E-state index in [9.17, 15) is 0 Å². The lowest BCUT2D eigenvalue weighted by Crippen LogP contribution is -2.48. The van der Waals surface area contributed by atoms with Gasteiger partial charge in [-0.3, -0.25) is 4.90 Å². The SMILES string of the molecule is CC1CNC[C@]2(C)CN(Cc3ccccc3)C[C@H]12. The van der Waals surface area contributed by atoms with Gasteiger partial charge < -0.3 is 5.32 Å². The molecular formula is C16H24N2. The molecule has 1 unspecified atom stereocenters. The molecule has 98 valence electrons. The third-order valence-electron chi connectivity index (χ3n) is 4.87. The predicted molar refractivity (Wildman–Crippen MR) is 75.3 cm³/mol. The average Bonchev–Trinajstić information content (AvgIpc) is 2.68. The molecule has 3 atom stereocenters. The maximum Gasteiger partial charge on any atom is 0.0234 e. The molecule has 1 aromatic rings. The first-order valence-electron chi connectivity index (χ1n) is 7.14. The molecule has 0 spiro atoms. The maximum atomic E-state index is 3.60. The van der Waals surface area contributed by atoms with E-state index in [1.54, 1.807) is 0 Å². The van der Waals surface area contributed by atoms with Crippen molar-refractivity contribution in [1.82, 2.24) is 10.2 Å². The molecule has 0 aromatic heterocycles. The molecule has 1 N–H and O–H groups in total. The summed E-state index contributed by atoms with van der Waals surface area (Å²) in [6, 6.07) is 10.9. The number of fused-ring (bicyclic) bond motifs is 1. The number of piperidine rings is 1. The van der Waals surface area contributed by atoms with Crippen LogP contribution in [0.25, 0.3) is 0 Å². The highest BCUT2D eigenvalue weighted by Crippen LogP contribution is 2.42. The van der Waals surface area contributed by atoms with E-state index in [1.165, 1.54) is 31.7 Å². The lowest BCUT2D eigenvalue weighted by atomic mass is 9.71. The van der Waals surface area contributed by atoms with E-state index in [1.807, 2.05) is 0 Å². The zero-order chi connectivity index (χ0) is 12.6. The fourth-order valence-corrected chi connectivity index (χ4v) is 3.93. The van der Waals surface area contributed by atoms with E-state index in [2.05, 4.69) is 54.4 Å². The summed E-state index contributed by atoms with van der Waals surface area (Å²) in [6.07, 6.45) is 0. The van der Waals surface area contributed by atoms with Crippen molar-refractivity contribution in [3.05, 3.63) is 35.9 Å². The predicted octanol–water partition coefficient (Wildman–Crippen LogP) is 2.36. The molecule has 2 nitrogen and oxygen atoms in total. The van der Waals surface area contributed by atoms with Crippen molar-refractivity contribution in [2.24, 2.45) is 17.3 Å². The van der Waals surface area contributed by atoms with E-state index in [0.717, 1.165) is 18.4 Å². The minimum Gasteiger partial charge on any atom is -0.316 e. The van der Waals surface area contributed by atoms with Gasteiger partial charge in [0.05, 0.1) is 0 Å². The molecule has 2 heteroatoms. The first-order chi connectivity index (χ1) is 8.67. The van der Waals surface area contributed by atoms with Gasteiger partial charge in [-0.1, -0.05) is 44.2 Å². The molecule has 3 rings (SSSR count). The summed E-state index contributed by atoms with van der Waals surface area (Å²) in [7, 11) is 0. The molecular weight excluding hydrogens is 220 g/mol. The van der Waals surface area contributed by atoms with Crippen LogP contribution in [0, 0.1) is 17.3 Å². The van der Waals surface area contributed by atoms with Crippen LogP contribution in [0.1, 0.15) is 19.4 Å². The van der Waals surface area contributed by atoms with E-state index in [-0.39, 0.29) is 0 Å². The summed E-state index contributed by atoms with van der Waals surface area (Å²) in [5.41, 5.74) is 1.92. The molecule has 2 fully saturated rings. The van der Waals surface area contributed by atoms with Crippen molar-refractivity contribution in [2.75, 3.05) is 26.2 Å². The summed E-state index contributed by atoms with van der Waals surface area (Å²) in [6.45, 7) is 10.9. The topological polar surface area (TPSA) is 15.3 Å². The number of nitrogens with one attached hydrogen (secondary N) is 1. The highest BCUT2D eigenvalue weighted by atomic mass is 15.2. The molecule has 0 saturated carbocycles. The molecule has 0 radical (unpaired) electrons. The van der Waals surface area contributed by atoms with E-state index >= 15 is 0 Å². The summed E-state index contributed by atoms with van der Waals surface area (Å²) >= 11 is 0. The Labute approximate surface area is 110 Å². The van der Waals surface area contributed by atoms with Crippen LogP contribution >= 0.6 is 0 Å². The van der Waals surface area contributed by atoms with Gasteiger partial charge in [0.25, 0.3) is 0 Å². The van der Waals surface area contributed by atoms with E-state index in [4.69, 9.17) is 0 Å². The Bertz CT molecular complexity index is 403. The van der Waals surface area contributed by atoms with Crippen molar-refractivity contribution in [2.45, 2.75) is 20.4 Å². The number of rotatable bonds is 2. The largest absolute Gasteiger partial charge is 0.316 e. The second-order valence-corrected chi connectivity index (χ2v) is 6.52. The van der Waals surface area contributed by atoms with Crippen LogP contribution in [0.3, 0.4) is 0 Å². The highest BCUT2D eigenvalue weighted by Gasteiger charge is 2.46. The Morgan fingerprint density at radius 3 is 2.83 bits per heavy atom. The summed E-state index contributed by atoms with van der Waals surface area (Å²) in [4.78, 5) is 2.64. The zero-order valence-corrected chi connectivity index (χ0v) is 11.5. The first kappa shape index (κ1) is 12.2. The minimum atomic E-state index is 0.479. The fraction of sp³-hybridized carbons (Fsp3) is 0.625. The van der Waals surface area contributed by atoms with Crippen LogP contribution in [-0.2, 0) is 6.54 Å². The van der Waals surface area contributed by atoms with Crippen LogP contribution in [0.4, 0.5) is 0 Å². The Morgan fingerprint density at radius 1 is 1.33 bits per heavy atom. The molecule has 2 saturated heterocycles. The fourth-order valence-electron chi connectivity index (χ4n) is 3.93. The van der Waals surface area contributed by atoms with Crippen LogP contribution in [-0.4, -0.2) is 31.1 Å². The Balaban J connectivity index is 1.70. The number of benzene rings is 1. The first-order valence-corrected chi connectivity index (χ1v) is 7.14. The standard InChI is InChI=1S/C16H24N2/c1-13-8-17-11-16(2)12-18(10-15(13)16)9-14-6-4-3-5-7-14/h3-7,13,15,17H,8-12H2,1-2H3/t13?,15-,16-/m1/s1. The highest BCUT2D eigenvalue weighted by molar-refractivity contribution is 5.15. The number of hydrogen-bond acceptors (Lipinski definition) is 2. The van der Waals surface area contributed by atoms with Crippen molar-refractivity contribution in [3.63, 3.8) is 0 Å². The van der Waals surface area contributed by atoms with E-state index < -0.39 is 0 Å². The molecule has 2 aliphatic rings. The van der Waals surface area contributed by atoms with Crippen molar-refractivity contribution < 1.29 is 0 Å². The molecule has 2 aliphatic heterocycles. The summed E-state index contributed by atoms with van der Waals surface area (Å²) in [5.74, 6) is 1.67. The van der Waals surface area contributed by atoms with Gasteiger partial charge in [-0.2, -0.15) is 0 Å². The third-order valence-corrected chi connectivity index (χ3v) is 4.87. The van der Waals surface area contributed by atoms with Crippen molar-refractivity contribution in [3.8, 4) is 0 Å². The van der Waals surface area contributed by atoms with Gasteiger partial charge in [-0.05, 0) is 29.4 Å². The normalized spacial score (nSPS) is 36.6. The molecule has 0 amide bonds. The van der Waals surface area contributed by atoms with Gasteiger partial charge in [-0.25, -0.2) is 0 Å². The van der Waals surface area contributed by atoms with Crippen LogP contribution in [0.5, 0.6) is 0 Å². The molecule has 0 aliphatic carbocycles. The second-order valence-electron chi connectivity index (χ2n) is 6.52.